The van der Waals surface area contributed by atoms with Crippen molar-refractivity contribution >= 4 is 77.8 Å². The molecule has 0 amide bonds. The molecular weight excluding hydrogens is 577 g/mol. The monoisotopic (exact) mass is 597 g/mol. The molecule has 2 aromatic heterocycles. The van der Waals surface area contributed by atoms with Gasteiger partial charge in [0.15, 0.2) is 17.3 Å². The Bertz CT molecular complexity index is 1320. The van der Waals surface area contributed by atoms with Gasteiger partial charge in [-0.25, -0.2) is 4.99 Å². The van der Waals surface area contributed by atoms with Gasteiger partial charge in [0.1, 0.15) is 0 Å². The van der Waals surface area contributed by atoms with Crippen LogP contribution >= 0.6 is 71.9 Å². The topological polar surface area (TPSA) is 75.8 Å². The second-order valence-corrected chi connectivity index (χ2v) is 10.7. The lowest BCUT2D eigenvalue weighted by Crippen LogP contribution is -2.40. The number of guanidine groups is 1. The maximum atomic E-state index is 6.10. The van der Waals surface area contributed by atoms with E-state index in [0.29, 0.717) is 26.0 Å². The van der Waals surface area contributed by atoms with Crippen LogP contribution in [0.4, 0.5) is 0 Å². The summed E-state index contributed by atoms with van der Waals surface area (Å²) in [5.74, 6) is 0.239. The average molecular weight is 599 g/mol. The molecule has 4 aromatic rings. The van der Waals surface area contributed by atoms with Crippen molar-refractivity contribution in [3.8, 4) is 27.4 Å². The molecule has 0 bridgehead atoms. The lowest BCUT2D eigenvalue weighted by atomic mass is 9.98. The number of aliphatic imine (C=N–C) groups is 1. The van der Waals surface area contributed by atoms with Crippen molar-refractivity contribution in [2.24, 2.45) is 10.7 Å². The Morgan fingerprint density at radius 2 is 1.67 bits per heavy atom. The van der Waals surface area contributed by atoms with Gasteiger partial charge in [0.2, 0.25) is 5.96 Å². The molecule has 0 saturated heterocycles. The van der Waals surface area contributed by atoms with Gasteiger partial charge in [0.25, 0.3) is 0 Å². The van der Waals surface area contributed by atoms with Gasteiger partial charge in [-0.2, -0.15) is 13.5 Å². The third kappa shape index (κ3) is 7.94. The number of thiophene rings is 1. The number of halogens is 3. The maximum absolute atomic E-state index is 6.10. The van der Waals surface area contributed by atoms with Gasteiger partial charge in [0, 0.05) is 34.4 Å². The number of nitrogens with zero attached hydrogens (tertiary/aromatic N) is 3. The van der Waals surface area contributed by atoms with Crippen LogP contribution in [0, 0.1) is 0 Å². The molecule has 0 aliphatic heterocycles. The molecule has 0 unspecified atom stereocenters. The van der Waals surface area contributed by atoms with Crippen LogP contribution in [0.3, 0.4) is 0 Å². The number of hydrazine groups is 1. The van der Waals surface area contributed by atoms with E-state index >= 15 is 0 Å². The Morgan fingerprint density at radius 1 is 1.03 bits per heavy atom. The van der Waals surface area contributed by atoms with Crippen molar-refractivity contribution in [2.75, 3.05) is 7.05 Å². The summed E-state index contributed by atoms with van der Waals surface area (Å²) in [5, 5.41) is 2.02. The van der Waals surface area contributed by atoms with Gasteiger partial charge in [-0.1, -0.05) is 70.4 Å². The molecule has 0 atom stereocenters. The zero-order valence-corrected chi connectivity index (χ0v) is 23.8. The summed E-state index contributed by atoms with van der Waals surface area (Å²) in [6, 6.07) is 20.9. The molecule has 188 valence electrons. The molecule has 3 N–H and O–H groups in total. The van der Waals surface area contributed by atoms with E-state index < -0.39 is 0 Å². The minimum Gasteiger partial charge on any atom is -0.397 e. The van der Waals surface area contributed by atoms with E-state index in [4.69, 9.17) is 49.7 Å². The van der Waals surface area contributed by atoms with Crippen LogP contribution < -0.4 is 15.3 Å². The number of rotatable bonds is 8. The van der Waals surface area contributed by atoms with Crippen molar-refractivity contribution < 1.29 is 4.18 Å². The van der Waals surface area contributed by atoms with E-state index in [2.05, 4.69) is 16.5 Å². The van der Waals surface area contributed by atoms with Gasteiger partial charge >= 0.3 is 0 Å². The standard InChI is InChI=1S/C24H20Cl3N5OS2.H2S/c1-32(35-33-22-11-10-21(27)34-22)31-24(28)30-14-15-12-20(16-2-6-18(25)7-3-16)23(29-13-15)17-4-8-19(26)9-5-17;/h2-13H,14H2,1H3,(H3,28,30,31);1H2. The number of hydrogen-bond acceptors (Lipinski definition) is 6. The molecule has 0 fully saturated rings. The highest BCUT2D eigenvalue weighted by Gasteiger charge is 2.11. The molecule has 2 heterocycles. The quantitative estimate of drug-likeness (QED) is 0.0722. The van der Waals surface area contributed by atoms with Crippen molar-refractivity contribution in [2.45, 2.75) is 6.54 Å². The summed E-state index contributed by atoms with van der Waals surface area (Å²) in [4.78, 5) is 9.16. The van der Waals surface area contributed by atoms with Gasteiger partial charge < -0.3 is 9.92 Å². The Balaban J connectivity index is 0.00000361. The molecule has 0 spiro atoms. The summed E-state index contributed by atoms with van der Waals surface area (Å²) < 4.78 is 7.83. The Morgan fingerprint density at radius 3 is 2.28 bits per heavy atom. The normalized spacial score (nSPS) is 11.3. The summed E-state index contributed by atoms with van der Waals surface area (Å²) in [6.07, 6.45) is 1.79. The second-order valence-electron chi connectivity index (χ2n) is 7.28. The number of nitrogens with one attached hydrogen (secondary N) is 1. The maximum Gasteiger partial charge on any atom is 0.204 e. The minimum atomic E-state index is 0. The van der Waals surface area contributed by atoms with Crippen molar-refractivity contribution in [3.63, 3.8) is 0 Å². The largest absolute Gasteiger partial charge is 0.397 e. The van der Waals surface area contributed by atoms with Gasteiger partial charge in [0.05, 0.1) is 16.6 Å². The smallest absolute Gasteiger partial charge is 0.204 e. The molecule has 0 radical (unpaired) electrons. The highest BCUT2D eigenvalue weighted by atomic mass is 35.5. The highest BCUT2D eigenvalue weighted by molar-refractivity contribution is 7.92. The first kappa shape index (κ1) is 28.5. The minimum absolute atomic E-state index is 0. The molecule has 2 aromatic carbocycles. The van der Waals surface area contributed by atoms with Gasteiger partial charge in [-0.15, -0.1) is 4.41 Å². The predicted octanol–water partition coefficient (Wildman–Crippen LogP) is 7.44. The fraction of sp³-hybridized carbons (Fsp3) is 0.0833. The first-order valence-corrected chi connectivity index (χ1v) is 12.9. The number of pyridine rings is 1. The zero-order chi connectivity index (χ0) is 24.8. The first-order chi connectivity index (χ1) is 16.9. The van der Waals surface area contributed by atoms with Crippen LogP contribution in [0.25, 0.3) is 22.4 Å². The number of aromatic nitrogens is 1. The Labute approximate surface area is 240 Å². The molecule has 0 aliphatic rings. The van der Waals surface area contributed by atoms with E-state index in [1.54, 1.807) is 29.8 Å². The van der Waals surface area contributed by atoms with E-state index in [-0.39, 0.29) is 19.5 Å². The van der Waals surface area contributed by atoms with Crippen molar-refractivity contribution in [3.05, 3.63) is 92.9 Å². The molecule has 12 heteroatoms. The molecule has 6 nitrogen and oxygen atoms in total. The van der Waals surface area contributed by atoms with Crippen molar-refractivity contribution in [1.82, 2.24) is 14.8 Å². The average Bonchev–Trinajstić information content (AvgIpc) is 3.27. The lowest BCUT2D eigenvalue weighted by Gasteiger charge is -2.16. The van der Waals surface area contributed by atoms with Gasteiger partial charge in [-0.3, -0.25) is 10.4 Å². The van der Waals surface area contributed by atoms with Crippen LogP contribution in [0.15, 0.2) is 77.9 Å². The summed E-state index contributed by atoms with van der Waals surface area (Å²) in [6.45, 7) is 0.340. The SMILES string of the molecule is CN(NC(N)=NCc1cnc(-c2ccc(Cl)cc2)c(-c2ccc(Cl)cc2)c1)SOc1ccc(Cl)s1.S. The molecule has 4 rings (SSSR count). The van der Waals surface area contributed by atoms with E-state index in [1.165, 1.54) is 11.3 Å². The highest BCUT2D eigenvalue weighted by Crippen LogP contribution is 2.33. The van der Waals surface area contributed by atoms with Crippen LogP contribution in [-0.2, 0) is 6.54 Å². The van der Waals surface area contributed by atoms with Crippen LogP contribution in [0.5, 0.6) is 5.06 Å². The molecular formula is C24H22Cl3N5OS3. The van der Waals surface area contributed by atoms with E-state index in [0.717, 1.165) is 40.2 Å². The third-order valence-electron chi connectivity index (χ3n) is 4.70. The van der Waals surface area contributed by atoms with Crippen molar-refractivity contribution in [1.29, 1.82) is 0 Å². The fourth-order valence-corrected chi connectivity index (χ4v) is 4.72. The molecule has 0 saturated carbocycles. The van der Waals surface area contributed by atoms with Gasteiger partial charge in [-0.05, 0) is 53.6 Å². The summed E-state index contributed by atoms with van der Waals surface area (Å²) in [5.41, 5.74) is 13.7. The summed E-state index contributed by atoms with van der Waals surface area (Å²) >= 11 is 20.5. The second kappa shape index (κ2) is 13.4. The lowest BCUT2D eigenvalue weighted by molar-refractivity contribution is 0.474. The van der Waals surface area contributed by atoms with E-state index in [9.17, 15) is 0 Å². The first-order valence-electron chi connectivity index (χ1n) is 10.3. The Hall–Kier alpha value is -2.11. The number of hydrogen-bond donors (Lipinski definition) is 2. The van der Waals surface area contributed by atoms with Crippen LogP contribution in [-0.4, -0.2) is 22.4 Å². The predicted molar refractivity (Wildman–Crippen MR) is 159 cm³/mol. The summed E-state index contributed by atoms with van der Waals surface area (Å²) in [7, 11) is 1.77. The van der Waals surface area contributed by atoms with E-state index in [1.807, 2.05) is 48.5 Å². The fourth-order valence-electron chi connectivity index (χ4n) is 3.11. The third-order valence-corrected chi connectivity index (χ3v) is 6.99. The zero-order valence-electron chi connectivity index (χ0n) is 18.9. The Kier molecular flexibility index (Phi) is 10.6. The van der Waals surface area contributed by atoms with Crippen LogP contribution in [0.2, 0.25) is 14.4 Å². The molecule has 36 heavy (non-hydrogen) atoms. The number of nitrogens with two attached hydrogens (primary N) is 1. The molecule has 0 aliphatic carbocycles. The van der Waals surface area contributed by atoms with Crippen LogP contribution in [0.1, 0.15) is 5.56 Å². The number of benzene rings is 2.